The van der Waals surface area contributed by atoms with E-state index in [1.165, 1.54) is 24.2 Å². The van der Waals surface area contributed by atoms with Crippen LogP contribution in [0.5, 0.6) is 0 Å². The van der Waals surface area contributed by atoms with Gasteiger partial charge in [-0.1, -0.05) is 12.1 Å². The monoisotopic (exact) mass is 417 g/mol. The number of nitrogens with one attached hydrogen (secondary N) is 2. The van der Waals surface area contributed by atoms with Gasteiger partial charge in [0.05, 0.1) is 0 Å². The molecule has 1 aromatic carbocycles. The van der Waals surface area contributed by atoms with E-state index >= 15 is 0 Å². The lowest BCUT2D eigenvalue weighted by atomic mass is 10.2. The van der Waals surface area contributed by atoms with Gasteiger partial charge in [0.15, 0.2) is 5.96 Å². The SMILES string of the molecule is CCNC(=NCCCCN1CCN(c2cccc(C)c2)CC1)NCCCCOCC. The topological polar surface area (TPSA) is 52.1 Å². The van der Waals surface area contributed by atoms with Crippen LogP contribution in [0.3, 0.4) is 0 Å². The Balaban J connectivity index is 1.57. The average Bonchev–Trinajstić information content (AvgIpc) is 2.76. The molecule has 0 unspecified atom stereocenters. The largest absolute Gasteiger partial charge is 0.382 e. The van der Waals surface area contributed by atoms with Gasteiger partial charge in [0.1, 0.15) is 0 Å². The van der Waals surface area contributed by atoms with E-state index in [0.717, 1.165) is 84.2 Å². The minimum atomic E-state index is 0.805. The zero-order valence-corrected chi connectivity index (χ0v) is 19.5. The second-order valence-corrected chi connectivity index (χ2v) is 7.97. The van der Waals surface area contributed by atoms with Gasteiger partial charge in [-0.25, -0.2) is 0 Å². The number of nitrogens with zero attached hydrogens (tertiary/aromatic N) is 3. The first-order chi connectivity index (χ1) is 14.7. The average molecular weight is 418 g/mol. The molecule has 30 heavy (non-hydrogen) atoms. The van der Waals surface area contributed by atoms with Crippen molar-refractivity contribution in [2.24, 2.45) is 4.99 Å². The number of aryl methyl sites for hydroxylation is 1. The van der Waals surface area contributed by atoms with E-state index in [0.29, 0.717) is 0 Å². The number of benzene rings is 1. The summed E-state index contributed by atoms with van der Waals surface area (Å²) in [6, 6.07) is 8.86. The number of guanidine groups is 1. The van der Waals surface area contributed by atoms with Crippen LogP contribution in [0, 0.1) is 6.92 Å². The molecule has 1 aliphatic heterocycles. The number of unbranched alkanes of at least 4 members (excludes halogenated alkanes) is 2. The van der Waals surface area contributed by atoms with Gasteiger partial charge in [0.2, 0.25) is 0 Å². The van der Waals surface area contributed by atoms with E-state index in [-0.39, 0.29) is 0 Å². The van der Waals surface area contributed by atoms with Gasteiger partial charge >= 0.3 is 0 Å². The molecule has 6 nitrogen and oxygen atoms in total. The second-order valence-electron chi connectivity index (χ2n) is 7.97. The molecular weight excluding hydrogens is 374 g/mol. The summed E-state index contributed by atoms with van der Waals surface area (Å²) < 4.78 is 5.38. The minimum absolute atomic E-state index is 0.805. The predicted octanol–water partition coefficient (Wildman–Crippen LogP) is 3.27. The maximum Gasteiger partial charge on any atom is 0.191 e. The van der Waals surface area contributed by atoms with E-state index in [9.17, 15) is 0 Å². The van der Waals surface area contributed by atoms with Crippen molar-refractivity contribution in [2.75, 3.05) is 70.5 Å². The number of hydrogen-bond donors (Lipinski definition) is 2. The van der Waals surface area contributed by atoms with E-state index < -0.39 is 0 Å². The van der Waals surface area contributed by atoms with Crippen molar-refractivity contribution in [3.63, 3.8) is 0 Å². The lowest BCUT2D eigenvalue weighted by molar-refractivity contribution is 0.143. The Morgan fingerprint density at radius 3 is 2.60 bits per heavy atom. The van der Waals surface area contributed by atoms with Crippen LogP contribution in [0.1, 0.15) is 45.1 Å². The van der Waals surface area contributed by atoms with Crippen molar-refractivity contribution < 1.29 is 4.74 Å². The summed E-state index contributed by atoms with van der Waals surface area (Å²) in [5, 5.41) is 6.77. The van der Waals surface area contributed by atoms with Crippen LogP contribution in [0.4, 0.5) is 5.69 Å². The Labute approximate surface area is 184 Å². The first-order valence-electron chi connectivity index (χ1n) is 11.9. The van der Waals surface area contributed by atoms with Crippen molar-refractivity contribution in [3.05, 3.63) is 29.8 Å². The number of aliphatic imine (C=N–C) groups is 1. The third-order valence-electron chi connectivity index (χ3n) is 5.45. The Kier molecular flexibility index (Phi) is 12.3. The van der Waals surface area contributed by atoms with Crippen LogP contribution in [0.25, 0.3) is 0 Å². The van der Waals surface area contributed by atoms with Gasteiger partial charge < -0.3 is 20.3 Å². The fourth-order valence-electron chi connectivity index (χ4n) is 3.71. The third-order valence-corrected chi connectivity index (χ3v) is 5.45. The van der Waals surface area contributed by atoms with E-state index in [4.69, 9.17) is 9.73 Å². The summed E-state index contributed by atoms with van der Waals surface area (Å²) in [4.78, 5) is 9.83. The van der Waals surface area contributed by atoms with Crippen molar-refractivity contribution in [3.8, 4) is 0 Å². The Hall–Kier alpha value is -1.79. The number of hydrogen-bond acceptors (Lipinski definition) is 4. The number of ether oxygens (including phenoxy) is 1. The highest BCUT2D eigenvalue weighted by Gasteiger charge is 2.16. The van der Waals surface area contributed by atoms with Crippen LogP contribution in [-0.2, 0) is 4.74 Å². The molecule has 1 aliphatic rings. The second kappa shape index (κ2) is 15.1. The Bertz CT molecular complexity index is 599. The first-order valence-corrected chi connectivity index (χ1v) is 11.9. The summed E-state index contributed by atoms with van der Waals surface area (Å²) in [6.07, 6.45) is 4.55. The normalized spacial score (nSPS) is 15.4. The summed E-state index contributed by atoms with van der Waals surface area (Å²) in [5.41, 5.74) is 2.71. The molecule has 0 saturated carbocycles. The molecule has 6 heteroatoms. The van der Waals surface area contributed by atoms with E-state index in [1.54, 1.807) is 0 Å². The van der Waals surface area contributed by atoms with E-state index in [1.807, 2.05) is 6.92 Å². The summed E-state index contributed by atoms with van der Waals surface area (Å²) in [7, 11) is 0. The van der Waals surface area contributed by atoms with Crippen LogP contribution in [-0.4, -0.2) is 76.4 Å². The summed E-state index contributed by atoms with van der Waals surface area (Å²) in [6.45, 7) is 16.5. The van der Waals surface area contributed by atoms with Crippen molar-refractivity contribution in [1.82, 2.24) is 15.5 Å². The molecule has 2 rings (SSSR count). The lowest BCUT2D eigenvalue weighted by Crippen LogP contribution is -2.46. The molecule has 0 aliphatic carbocycles. The van der Waals surface area contributed by atoms with Gasteiger partial charge in [-0.3, -0.25) is 9.89 Å². The zero-order chi connectivity index (χ0) is 21.4. The van der Waals surface area contributed by atoms with E-state index in [2.05, 4.69) is 58.5 Å². The van der Waals surface area contributed by atoms with Gasteiger partial charge in [0, 0.05) is 64.7 Å². The first kappa shape index (κ1) is 24.5. The lowest BCUT2D eigenvalue weighted by Gasteiger charge is -2.36. The van der Waals surface area contributed by atoms with Crippen LogP contribution in [0.15, 0.2) is 29.3 Å². The predicted molar refractivity (Wildman–Crippen MR) is 129 cm³/mol. The molecule has 1 saturated heterocycles. The molecule has 0 amide bonds. The molecule has 2 N–H and O–H groups in total. The van der Waals surface area contributed by atoms with Gasteiger partial charge in [-0.05, 0) is 70.7 Å². The fraction of sp³-hybridized carbons (Fsp3) is 0.708. The highest BCUT2D eigenvalue weighted by molar-refractivity contribution is 5.79. The fourth-order valence-corrected chi connectivity index (χ4v) is 3.71. The number of anilines is 1. The molecule has 0 atom stereocenters. The highest BCUT2D eigenvalue weighted by atomic mass is 16.5. The molecule has 1 heterocycles. The molecule has 0 radical (unpaired) electrons. The zero-order valence-electron chi connectivity index (χ0n) is 19.5. The standard InChI is InChI=1S/C24H43N5O/c1-4-25-24(27-14-7-9-20-30-5-2)26-13-6-8-15-28-16-18-29(19-17-28)23-12-10-11-22(3)21-23/h10-12,21H,4-9,13-20H2,1-3H3,(H2,25,26,27). The number of piperazine rings is 1. The van der Waals surface area contributed by atoms with Crippen molar-refractivity contribution in [2.45, 2.75) is 46.5 Å². The molecule has 0 aromatic heterocycles. The van der Waals surface area contributed by atoms with Gasteiger partial charge in [-0.15, -0.1) is 0 Å². The third kappa shape index (κ3) is 9.81. The Morgan fingerprint density at radius 2 is 1.87 bits per heavy atom. The molecule has 170 valence electrons. The quantitative estimate of drug-likeness (QED) is 0.293. The summed E-state index contributed by atoms with van der Waals surface area (Å²) >= 11 is 0. The van der Waals surface area contributed by atoms with Crippen LogP contribution in [0.2, 0.25) is 0 Å². The molecule has 0 bridgehead atoms. The number of rotatable bonds is 13. The molecule has 1 fully saturated rings. The maximum absolute atomic E-state index is 5.38. The highest BCUT2D eigenvalue weighted by Crippen LogP contribution is 2.17. The van der Waals surface area contributed by atoms with Crippen LogP contribution >= 0.6 is 0 Å². The maximum atomic E-state index is 5.38. The Morgan fingerprint density at radius 1 is 1.03 bits per heavy atom. The van der Waals surface area contributed by atoms with Crippen molar-refractivity contribution >= 4 is 11.6 Å². The van der Waals surface area contributed by atoms with Crippen molar-refractivity contribution in [1.29, 1.82) is 0 Å². The molecule has 1 aromatic rings. The van der Waals surface area contributed by atoms with Gasteiger partial charge in [-0.2, -0.15) is 0 Å². The molecular formula is C24H43N5O. The smallest absolute Gasteiger partial charge is 0.191 e. The van der Waals surface area contributed by atoms with Gasteiger partial charge in [0.25, 0.3) is 0 Å². The minimum Gasteiger partial charge on any atom is -0.382 e. The summed E-state index contributed by atoms with van der Waals surface area (Å²) in [5.74, 6) is 0.945. The molecule has 0 spiro atoms. The van der Waals surface area contributed by atoms with Crippen LogP contribution < -0.4 is 15.5 Å².